The molecule has 0 aromatic carbocycles. The molecule has 1 fully saturated rings. The first-order chi connectivity index (χ1) is 7.28. The lowest BCUT2D eigenvalue weighted by Gasteiger charge is -2.12. The molecule has 7 heteroatoms. The highest BCUT2D eigenvalue weighted by molar-refractivity contribution is 6.67. The van der Waals surface area contributed by atoms with E-state index < -0.39 is 15.7 Å². The number of Topliss-reactive ketones (excluding diaryl/α,β-unsaturated/α-hetero) is 2. The Balaban J connectivity index is 2.35. The number of esters is 1. The van der Waals surface area contributed by atoms with Crippen molar-refractivity contribution in [2.24, 2.45) is 5.92 Å². The maximum atomic E-state index is 11.2. The average Bonchev–Trinajstić information content (AvgIpc) is 2.41. The zero-order valence-electron chi connectivity index (χ0n) is 8.17. The molecule has 1 aliphatic rings. The van der Waals surface area contributed by atoms with Crippen LogP contribution in [-0.2, 0) is 19.1 Å². The molecule has 90 valence electrons. The van der Waals surface area contributed by atoms with Crippen molar-refractivity contribution in [2.45, 2.75) is 23.1 Å². The van der Waals surface area contributed by atoms with Gasteiger partial charge in [-0.05, 0) is 0 Å². The number of hydrogen-bond acceptors (Lipinski definition) is 4. The van der Waals surface area contributed by atoms with Gasteiger partial charge in [0.1, 0.15) is 18.2 Å². The van der Waals surface area contributed by atoms with Crippen LogP contribution in [-0.4, -0.2) is 27.9 Å². The summed E-state index contributed by atoms with van der Waals surface area (Å²) in [6, 6.07) is 0. The van der Waals surface area contributed by atoms with E-state index in [1.54, 1.807) is 0 Å². The van der Waals surface area contributed by atoms with E-state index in [9.17, 15) is 14.4 Å². The van der Waals surface area contributed by atoms with Gasteiger partial charge in [0.2, 0.25) is 3.79 Å². The molecule has 0 N–H and O–H groups in total. The van der Waals surface area contributed by atoms with Crippen molar-refractivity contribution in [3.05, 3.63) is 0 Å². The Bertz CT molecular complexity index is 321. The van der Waals surface area contributed by atoms with Crippen LogP contribution >= 0.6 is 34.8 Å². The number of carbonyl (C=O) groups is 3. The van der Waals surface area contributed by atoms with E-state index in [4.69, 9.17) is 34.8 Å². The lowest BCUT2D eigenvalue weighted by Crippen LogP contribution is -2.20. The highest BCUT2D eigenvalue weighted by Gasteiger charge is 2.33. The molecule has 16 heavy (non-hydrogen) atoms. The quantitative estimate of drug-likeness (QED) is 0.451. The molecule has 0 amide bonds. The molecule has 0 aromatic heterocycles. The first-order valence-corrected chi connectivity index (χ1v) is 5.68. The fraction of sp³-hybridized carbons (Fsp3) is 0.667. The van der Waals surface area contributed by atoms with Crippen molar-refractivity contribution in [1.29, 1.82) is 0 Å². The lowest BCUT2D eigenvalue weighted by atomic mass is 10.0. The van der Waals surface area contributed by atoms with Gasteiger partial charge in [-0.15, -0.1) is 0 Å². The van der Waals surface area contributed by atoms with Gasteiger partial charge in [0.05, 0.1) is 12.8 Å². The fourth-order valence-electron chi connectivity index (χ4n) is 1.41. The number of hydrogen-bond donors (Lipinski definition) is 0. The van der Waals surface area contributed by atoms with Gasteiger partial charge in [0, 0.05) is 12.3 Å². The Hall–Kier alpha value is -0.320. The third-order valence-corrected chi connectivity index (χ3v) is 2.44. The zero-order valence-corrected chi connectivity index (χ0v) is 10.4. The molecule has 1 rings (SSSR count). The van der Waals surface area contributed by atoms with Crippen LogP contribution < -0.4 is 0 Å². The molecule has 0 spiro atoms. The van der Waals surface area contributed by atoms with Gasteiger partial charge in [-0.1, -0.05) is 34.8 Å². The van der Waals surface area contributed by atoms with Crippen LogP contribution in [0, 0.1) is 5.92 Å². The summed E-state index contributed by atoms with van der Waals surface area (Å²) in [5.74, 6) is -1.59. The molecular weight excluding hydrogens is 278 g/mol. The first kappa shape index (κ1) is 13.7. The Morgan fingerprint density at radius 2 is 2.00 bits per heavy atom. The monoisotopic (exact) mass is 286 g/mol. The van der Waals surface area contributed by atoms with Gasteiger partial charge < -0.3 is 4.74 Å². The van der Waals surface area contributed by atoms with Crippen molar-refractivity contribution >= 4 is 52.3 Å². The smallest absolute Gasteiger partial charge is 0.306 e. The number of halogens is 3. The van der Waals surface area contributed by atoms with E-state index in [1.165, 1.54) is 0 Å². The number of rotatable bonds is 3. The van der Waals surface area contributed by atoms with E-state index in [0.29, 0.717) is 0 Å². The normalized spacial score (nSPS) is 21.3. The molecule has 0 bridgehead atoms. The van der Waals surface area contributed by atoms with Crippen LogP contribution in [0.3, 0.4) is 0 Å². The highest BCUT2D eigenvalue weighted by atomic mass is 35.6. The molecule has 1 aliphatic carbocycles. The third kappa shape index (κ3) is 4.68. The predicted octanol–water partition coefficient (Wildman–Crippen LogP) is 1.84. The SMILES string of the molecule is O=C1CC(=O)C(CC(=O)OCC(Cl)(Cl)Cl)C1. The molecule has 0 saturated heterocycles. The van der Waals surface area contributed by atoms with Crippen LogP contribution in [0.1, 0.15) is 19.3 Å². The van der Waals surface area contributed by atoms with Gasteiger partial charge in [-0.25, -0.2) is 0 Å². The predicted molar refractivity (Wildman–Crippen MR) is 58.6 cm³/mol. The van der Waals surface area contributed by atoms with E-state index in [0.717, 1.165) is 0 Å². The van der Waals surface area contributed by atoms with Crippen molar-refractivity contribution in [2.75, 3.05) is 6.61 Å². The van der Waals surface area contributed by atoms with E-state index in [1.807, 2.05) is 0 Å². The standard InChI is InChI=1S/C9H9Cl3O4/c10-9(11,12)4-16-8(15)2-5-1-6(13)3-7(5)14/h5H,1-4H2. The van der Waals surface area contributed by atoms with E-state index >= 15 is 0 Å². The van der Waals surface area contributed by atoms with Crippen molar-refractivity contribution in [3.63, 3.8) is 0 Å². The van der Waals surface area contributed by atoms with Gasteiger partial charge in [-0.3, -0.25) is 14.4 Å². The van der Waals surface area contributed by atoms with Crippen LogP contribution in [0.4, 0.5) is 0 Å². The first-order valence-electron chi connectivity index (χ1n) is 4.55. The fourth-order valence-corrected chi connectivity index (χ4v) is 1.57. The van der Waals surface area contributed by atoms with Crippen LogP contribution in [0.25, 0.3) is 0 Å². The van der Waals surface area contributed by atoms with Gasteiger partial charge in [-0.2, -0.15) is 0 Å². The topological polar surface area (TPSA) is 60.4 Å². The van der Waals surface area contributed by atoms with Crippen molar-refractivity contribution in [1.82, 2.24) is 0 Å². The van der Waals surface area contributed by atoms with Crippen LogP contribution in [0.2, 0.25) is 0 Å². The summed E-state index contributed by atoms with van der Waals surface area (Å²) < 4.78 is 2.99. The summed E-state index contributed by atoms with van der Waals surface area (Å²) in [6.45, 7) is -0.370. The minimum atomic E-state index is -1.66. The molecule has 0 heterocycles. The second kappa shape index (κ2) is 5.34. The molecule has 1 atom stereocenters. The highest BCUT2D eigenvalue weighted by Crippen LogP contribution is 2.27. The van der Waals surface area contributed by atoms with Gasteiger partial charge in [0.15, 0.2) is 0 Å². The van der Waals surface area contributed by atoms with E-state index in [-0.39, 0.29) is 37.4 Å². The molecule has 1 saturated carbocycles. The lowest BCUT2D eigenvalue weighted by molar-refractivity contribution is -0.146. The van der Waals surface area contributed by atoms with Gasteiger partial charge in [0.25, 0.3) is 0 Å². The molecule has 4 nitrogen and oxygen atoms in total. The summed E-state index contributed by atoms with van der Waals surface area (Å²) in [5.41, 5.74) is 0. The summed E-state index contributed by atoms with van der Waals surface area (Å²) in [6.07, 6.45) is -0.130. The van der Waals surface area contributed by atoms with Crippen LogP contribution in [0.15, 0.2) is 0 Å². The largest absolute Gasteiger partial charge is 0.461 e. The Morgan fingerprint density at radius 1 is 1.38 bits per heavy atom. The number of ether oxygens (including phenoxy) is 1. The Morgan fingerprint density at radius 3 is 2.44 bits per heavy atom. The second-order valence-electron chi connectivity index (χ2n) is 3.56. The number of carbonyl (C=O) groups excluding carboxylic acids is 3. The average molecular weight is 288 g/mol. The Kier molecular flexibility index (Phi) is 4.59. The summed E-state index contributed by atoms with van der Waals surface area (Å²) in [7, 11) is 0. The summed E-state index contributed by atoms with van der Waals surface area (Å²) in [4.78, 5) is 33.4. The summed E-state index contributed by atoms with van der Waals surface area (Å²) in [5, 5.41) is 0. The molecule has 0 radical (unpaired) electrons. The summed E-state index contributed by atoms with van der Waals surface area (Å²) >= 11 is 16.1. The third-order valence-electron chi connectivity index (χ3n) is 2.11. The minimum Gasteiger partial charge on any atom is -0.461 e. The zero-order chi connectivity index (χ0) is 12.3. The maximum Gasteiger partial charge on any atom is 0.306 e. The Labute approximate surface area is 107 Å². The second-order valence-corrected chi connectivity index (χ2v) is 6.08. The molecule has 0 aliphatic heterocycles. The molecule has 1 unspecified atom stereocenters. The number of ketones is 2. The van der Waals surface area contributed by atoms with Crippen molar-refractivity contribution < 1.29 is 19.1 Å². The number of alkyl halides is 3. The molecular formula is C9H9Cl3O4. The van der Waals surface area contributed by atoms with Crippen LogP contribution in [0.5, 0.6) is 0 Å². The van der Waals surface area contributed by atoms with Crippen molar-refractivity contribution in [3.8, 4) is 0 Å². The maximum absolute atomic E-state index is 11.2. The van der Waals surface area contributed by atoms with Gasteiger partial charge >= 0.3 is 5.97 Å². The minimum absolute atomic E-state index is 0.0948. The van der Waals surface area contributed by atoms with E-state index in [2.05, 4.69) is 4.74 Å². The molecule has 0 aromatic rings.